The van der Waals surface area contributed by atoms with Crippen molar-refractivity contribution in [2.45, 2.75) is 25.9 Å². The van der Waals surface area contributed by atoms with E-state index in [1.54, 1.807) is 6.92 Å². The lowest BCUT2D eigenvalue weighted by Crippen LogP contribution is -2.40. The second-order valence-corrected chi connectivity index (χ2v) is 4.66. The van der Waals surface area contributed by atoms with Gasteiger partial charge in [0.15, 0.2) is 0 Å². The van der Waals surface area contributed by atoms with Crippen LogP contribution in [0.3, 0.4) is 0 Å². The van der Waals surface area contributed by atoms with Gasteiger partial charge < -0.3 is 15.7 Å². The van der Waals surface area contributed by atoms with E-state index < -0.39 is 12.1 Å². The Kier molecular flexibility index (Phi) is 3.23. The summed E-state index contributed by atoms with van der Waals surface area (Å²) in [6.07, 6.45) is -1.11. The van der Waals surface area contributed by atoms with Crippen LogP contribution in [0.15, 0.2) is 24.3 Å². The summed E-state index contributed by atoms with van der Waals surface area (Å²) < 4.78 is 0. The summed E-state index contributed by atoms with van der Waals surface area (Å²) in [5.74, 6) is -0.494. The molecule has 3 atom stereocenters. The molecule has 0 radical (unpaired) electrons. The normalized spacial score (nSPS) is 26.8. The van der Waals surface area contributed by atoms with Crippen LogP contribution in [0.2, 0.25) is 0 Å². The summed E-state index contributed by atoms with van der Waals surface area (Å²) >= 11 is 0. The van der Waals surface area contributed by atoms with Crippen LogP contribution in [-0.2, 0) is 4.79 Å². The zero-order valence-electron chi connectivity index (χ0n) is 10.3. The van der Waals surface area contributed by atoms with E-state index in [2.05, 4.69) is 10.6 Å². The molecule has 1 aliphatic rings. The van der Waals surface area contributed by atoms with Crippen molar-refractivity contribution in [3.63, 3.8) is 0 Å². The Bertz CT molecular complexity index is 487. The van der Waals surface area contributed by atoms with Gasteiger partial charge in [-0.2, -0.15) is 0 Å². The van der Waals surface area contributed by atoms with E-state index in [1.807, 2.05) is 31.2 Å². The minimum Gasteiger partial charge on any atom is -0.465 e. The molecule has 96 valence electrons. The SMILES string of the molecule is Cc1cccc(C2NC(=O)C(C)C2NC(=O)O)c1. The third-order valence-corrected chi connectivity index (χ3v) is 3.30. The molecule has 0 spiro atoms. The molecule has 3 unspecified atom stereocenters. The van der Waals surface area contributed by atoms with Crippen molar-refractivity contribution >= 4 is 12.0 Å². The van der Waals surface area contributed by atoms with E-state index >= 15 is 0 Å². The number of rotatable bonds is 2. The van der Waals surface area contributed by atoms with Crippen LogP contribution in [0.25, 0.3) is 0 Å². The molecule has 1 aromatic rings. The molecule has 18 heavy (non-hydrogen) atoms. The van der Waals surface area contributed by atoms with Gasteiger partial charge in [-0.1, -0.05) is 36.8 Å². The van der Waals surface area contributed by atoms with Crippen LogP contribution < -0.4 is 10.6 Å². The topological polar surface area (TPSA) is 78.4 Å². The van der Waals surface area contributed by atoms with Crippen molar-refractivity contribution in [3.05, 3.63) is 35.4 Å². The third kappa shape index (κ3) is 2.30. The molecule has 0 aromatic heterocycles. The Morgan fingerprint density at radius 3 is 2.78 bits per heavy atom. The Balaban J connectivity index is 2.30. The van der Waals surface area contributed by atoms with Crippen molar-refractivity contribution in [1.29, 1.82) is 0 Å². The number of nitrogens with one attached hydrogen (secondary N) is 2. The predicted octanol–water partition coefficient (Wildman–Crippen LogP) is 1.44. The Morgan fingerprint density at radius 1 is 1.44 bits per heavy atom. The molecule has 5 heteroatoms. The Hall–Kier alpha value is -2.04. The van der Waals surface area contributed by atoms with Gasteiger partial charge >= 0.3 is 6.09 Å². The highest BCUT2D eigenvalue weighted by atomic mass is 16.4. The average Bonchev–Trinajstić information content (AvgIpc) is 2.57. The maximum atomic E-state index is 11.7. The predicted molar refractivity (Wildman–Crippen MR) is 66.2 cm³/mol. The van der Waals surface area contributed by atoms with Gasteiger partial charge in [0.05, 0.1) is 18.0 Å². The van der Waals surface area contributed by atoms with E-state index in [0.29, 0.717) is 0 Å². The quantitative estimate of drug-likeness (QED) is 0.741. The van der Waals surface area contributed by atoms with Crippen LogP contribution in [0.4, 0.5) is 4.79 Å². The minimum absolute atomic E-state index is 0.125. The van der Waals surface area contributed by atoms with Gasteiger partial charge in [-0.15, -0.1) is 0 Å². The summed E-state index contributed by atoms with van der Waals surface area (Å²) in [6, 6.07) is 6.98. The van der Waals surface area contributed by atoms with Gasteiger partial charge in [0, 0.05) is 0 Å². The molecule has 0 bridgehead atoms. The number of hydrogen-bond acceptors (Lipinski definition) is 2. The molecule has 0 aliphatic carbocycles. The molecule has 0 saturated carbocycles. The fourth-order valence-electron chi connectivity index (χ4n) is 2.33. The zero-order valence-corrected chi connectivity index (χ0v) is 10.3. The van der Waals surface area contributed by atoms with Gasteiger partial charge in [-0.3, -0.25) is 4.79 Å². The molecule has 3 N–H and O–H groups in total. The number of carbonyl (C=O) groups is 2. The first kappa shape index (κ1) is 12.4. The van der Waals surface area contributed by atoms with Crippen LogP contribution in [0.1, 0.15) is 24.1 Å². The fraction of sp³-hybridized carbons (Fsp3) is 0.385. The highest BCUT2D eigenvalue weighted by molar-refractivity contribution is 5.83. The molecule has 2 rings (SSSR count). The molecule has 1 aromatic carbocycles. The first-order valence-electron chi connectivity index (χ1n) is 5.85. The standard InChI is InChI=1S/C13H16N2O3/c1-7-4-3-5-9(6-7)11-10(15-13(17)18)8(2)12(16)14-11/h3-6,8,10-11,15H,1-2H3,(H,14,16)(H,17,18). The van der Waals surface area contributed by atoms with Crippen molar-refractivity contribution in [1.82, 2.24) is 10.6 Å². The van der Waals surface area contributed by atoms with E-state index in [4.69, 9.17) is 5.11 Å². The first-order valence-corrected chi connectivity index (χ1v) is 5.85. The molecule has 1 heterocycles. The summed E-state index contributed by atoms with van der Waals surface area (Å²) in [5.41, 5.74) is 2.00. The highest BCUT2D eigenvalue weighted by Gasteiger charge is 2.41. The largest absolute Gasteiger partial charge is 0.465 e. The summed E-state index contributed by atoms with van der Waals surface area (Å²) in [4.78, 5) is 22.5. The summed E-state index contributed by atoms with van der Waals surface area (Å²) in [7, 11) is 0. The average molecular weight is 248 g/mol. The zero-order chi connectivity index (χ0) is 13.3. The van der Waals surface area contributed by atoms with Crippen LogP contribution in [-0.4, -0.2) is 23.1 Å². The smallest absolute Gasteiger partial charge is 0.404 e. The summed E-state index contributed by atoms with van der Waals surface area (Å²) in [5, 5.41) is 14.1. The number of hydrogen-bond donors (Lipinski definition) is 3. The van der Waals surface area contributed by atoms with E-state index in [-0.39, 0.29) is 17.9 Å². The van der Waals surface area contributed by atoms with Crippen molar-refractivity contribution in [2.75, 3.05) is 0 Å². The molecular formula is C13H16N2O3. The Morgan fingerprint density at radius 2 is 2.17 bits per heavy atom. The van der Waals surface area contributed by atoms with E-state index in [0.717, 1.165) is 11.1 Å². The molecule has 1 fully saturated rings. The van der Waals surface area contributed by atoms with Crippen LogP contribution in [0.5, 0.6) is 0 Å². The van der Waals surface area contributed by atoms with Crippen LogP contribution >= 0.6 is 0 Å². The van der Waals surface area contributed by atoms with Gasteiger partial charge in [-0.05, 0) is 12.5 Å². The molecule has 1 aliphatic heterocycles. The van der Waals surface area contributed by atoms with Gasteiger partial charge in [0.1, 0.15) is 0 Å². The van der Waals surface area contributed by atoms with Crippen molar-refractivity contribution in [2.24, 2.45) is 5.92 Å². The second kappa shape index (κ2) is 4.68. The third-order valence-electron chi connectivity index (χ3n) is 3.30. The van der Waals surface area contributed by atoms with E-state index in [1.165, 1.54) is 0 Å². The molecule has 1 saturated heterocycles. The van der Waals surface area contributed by atoms with Gasteiger partial charge in [0.2, 0.25) is 5.91 Å². The monoisotopic (exact) mass is 248 g/mol. The van der Waals surface area contributed by atoms with Gasteiger partial charge in [-0.25, -0.2) is 4.79 Å². The number of carboxylic acid groups (broad SMARTS) is 1. The lowest BCUT2D eigenvalue weighted by Gasteiger charge is -2.21. The first-order chi connectivity index (χ1) is 8.49. The Labute approximate surface area is 105 Å². The highest BCUT2D eigenvalue weighted by Crippen LogP contribution is 2.28. The molecular weight excluding hydrogens is 232 g/mol. The lowest BCUT2D eigenvalue weighted by molar-refractivity contribution is -0.122. The maximum absolute atomic E-state index is 11.7. The molecule has 5 nitrogen and oxygen atoms in total. The minimum atomic E-state index is -1.11. The van der Waals surface area contributed by atoms with Crippen LogP contribution in [0, 0.1) is 12.8 Å². The van der Waals surface area contributed by atoms with E-state index in [9.17, 15) is 9.59 Å². The van der Waals surface area contributed by atoms with Crippen molar-refractivity contribution in [3.8, 4) is 0 Å². The van der Waals surface area contributed by atoms with Crippen molar-refractivity contribution < 1.29 is 14.7 Å². The number of amides is 2. The maximum Gasteiger partial charge on any atom is 0.404 e. The number of aryl methyl sites for hydroxylation is 1. The number of benzene rings is 1. The fourth-order valence-corrected chi connectivity index (χ4v) is 2.33. The lowest BCUT2D eigenvalue weighted by atomic mass is 9.94. The van der Waals surface area contributed by atoms with Gasteiger partial charge in [0.25, 0.3) is 0 Å². The summed E-state index contributed by atoms with van der Waals surface area (Å²) in [6.45, 7) is 3.69. The molecule has 2 amide bonds. The second-order valence-electron chi connectivity index (χ2n) is 4.66. The number of carbonyl (C=O) groups excluding carboxylic acids is 1.